The van der Waals surface area contributed by atoms with Crippen LogP contribution in [0.1, 0.15) is 34.6 Å². The monoisotopic (exact) mass is 220 g/mol. The molecule has 0 saturated heterocycles. The molecular weight excluding hydrogens is 196 g/mol. The fraction of sp³-hybridized carbons (Fsp3) is 0.467. The Hall–Kier alpha value is -1.24. The summed E-state index contributed by atoms with van der Waals surface area (Å²) in [6.07, 6.45) is 5.76. The minimum Gasteiger partial charge on any atom is -0.497 e. The summed E-state index contributed by atoms with van der Waals surface area (Å²) in [6.45, 7) is 18.7. The highest BCUT2D eigenvalue weighted by atomic mass is 16.5. The molecule has 90 valence electrons. The van der Waals surface area contributed by atoms with Crippen LogP contribution in [-0.4, -0.2) is 6.61 Å². The molecule has 1 nitrogen and oxygen atoms in total. The molecule has 0 unspecified atom stereocenters. The summed E-state index contributed by atoms with van der Waals surface area (Å²) in [4.78, 5) is 0. The first-order valence-electron chi connectivity index (χ1n) is 5.56. The van der Waals surface area contributed by atoms with Crippen LogP contribution in [0, 0.1) is 5.41 Å². The molecule has 0 aromatic rings. The van der Waals surface area contributed by atoms with Crippen LogP contribution < -0.4 is 0 Å². The van der Waals surface area contributed by atoms with Gasteiger partial charge in [0, 0.05) is 5.41 Å². The van der Waals surface area contributed by atoms with Crippen molar-refractivity contribution in [2.45, 2.75) is 34.6 Å². The SMILES string of the molecule is C=CC(C)(C)/C(=C\OCC=C(C)C)C(=C)C. The van der Waals surface area contributed by atoms with E-state index in [1.54, 1.807) is 6.26 Å². The fourth-order valence-electron chi connectivity index (χ4n) is 1.26. The Morgan fingerprint density at radius 1 is 1.25 bits per heavy atom. The van der Waals surface area contributed by atoms with Crippen LogP contribution in [0.4, 0.5) is 0 Å². The number of hydrogen-bond acceptors (Lipinski definition) is 1. The topological polar surface area (TPSA) is 9.23 Å². The van der Waals surface area contributed by atoms with Crippen molar-refractivity contribution >= 4 is 0 Å². The highest BCUT2D eigenvalue weighted by Gasteiger charge is 2.20. The van der Waals surface area contributed by atoms with E-state index in [9.17, 15) is 0 Å². The molecule has 0 aliphatic heterocycles. The largest absolute Gasteiger partial charge is 0.497 e. The van der Waals surface area contributed by atoms with Gasteiger partial charge in [0.1, 0.15) is 6.61 Å². The van der Waals surface area contributed by atoms with E-state index < -0.39 is 0 Å². The van der Waals surface area contributed by atoms with E-state index in [0.717, 1.165) is 11.1 Å². The number of rotatable bonds is 6. The third kappa shape index (κ3) is 5.01. The van der Waals surface area contributed by atoms with Gasteiger partial charge in [0.05, 0.1) is 6.26 Å². The van der Waals surface area contributed by atoms with Gasteiger partial charge >= 0.3 is 0 Å². The van der Waals surface area contributed by atoms with Crippen molar-refractivity contribution in [3.8, 4) is 0 Å². The van der Waals surface area contributed by atoms with Gasteiger partial charge in [-0.05, 0) is 32.4 Å². The highest BCUT2D eigenvalue weighted by Crippen LogP contribution is 2.31. The smallest absolute Gasteiger partial charge is 0.106 e. The summed E-state index contributed by atoms with van der Waals surface area (Å²) in [5.41, 5.74) is 3.26. The van der Waals surface area contributed by atoms with Gasteiger partial charge in [0.15, 0.2) is 0 Å². The molecule has 0 rings (SSSR count). The Morgan fingerprint density at radius 2 is 1.81 bits per heavy atom. The maximum absolute atomic E-state index is 5.51. The zero-order valence-electron chi connectivity index (χ0n) is 11.3. The summed E-state index contributed by atoms with van der Waals surface area (Å²) in [5, 5.41) is 0. The van der Waals surface area contributed by atoms with E-state index in [2.05, 4.69) is 40.9 Å². The van der Waals surface area contributed by atoms with Crippen LogP contribution in [0.2, 0.25) is 0 Å². The van der Waals surface area contributed by atoms with E-state index in [4.69, 9.17) is 4.74 Å². The lowest BCUT2D eigenvalue weighted by Gasteiger charge is -2.24. The first-order valence-corrected chi connectivity index (χ1v) is 5.56. The first kappa shape index (κ1) is 14.8. The number of allylic oxidation sites excluding steroid dienone is 4. The molecule has 0 atom stereocenters. The van der Waals surface area contributed by atoms with Gasteiger partial charge in [-0.3, -0.25) is 0 Å². The van der Waals surface area contributed by atoms with Gasteiger partial charge in [0.25, 0.3) is 0 Å². The fourth-order valence-corrected chi connectivity index (χ4v) is 1.26. The van der Waals surface area contributed by atoms with Gasteiger partial charge in [-0.15, -0.1) is 6.58 Å². The second-order valence-corrected chi connectivity index (χ2v) is 4.85. The van der Waals surface area contributed by atoms with Crippen LogP contribution in [0.25, 0.3) is 0 Å². The Balaban J connectivity index is 4.68. The van der Waals surface area contributed by atoms with Gasteiger partial charge < -0.3 is 4.74 Å². The Bertz CT molecular complexity index is 312. The molecule has 1 heteroatoms. The standard InChI is InChI=1S/C15H24O/c1-8-15(6,7)14(13(4)5)11-16-10-9-12(2)3/h8-9,11H,1,4,10H2,2-3,5-7H3/b14-11-. The third-order valence-electron chi connectivity index (χ3n) is 2.45. The van der Waals surface area contributed by atoms with Gasteiger partial charge in [-0.25, -0.2) is 0 Å². The van der Waals surface area contributed by atoms with Gasteiger partial charge in [0.2, 0.25) is 0 Å². The van der Waals surface area contributed by atoms with Gasteiger partial charge in [-0.2, -0.15) is 0 Å². The number of hydrogen-bond donors (Lipinski definition) is 0. The van der Waals surface area contributed by atoms with Crippen LogP contribution in [0.3, 0.4) is 0 Å². The van der Waals surface area contributed by atoms with E-state index in [0.29, 0.717) is 6.61 Å². The molecule has 0 amide bonds. The van der Waals surface area contributed by atoms with Crippen molar-refractivity contribution in [2.75, 3.05) is 6.61 Å². The van der Waals surface area contributed by atoms with Crippen molar-refractivity contribution in [2.24, 2.45) is 5.41 Å². The molecule has 0 aromatic carbocycles. The first-order chi connectivity index (χ1) is 7.31. The van der Waals surface area contributed by atoms with Crippen molar-refractivity contribution in [3.63, 3.8) is 0 Å². The molecule has 0 aliphatic rings. The molecule has 0 N–H and O–H groups in total. The summed E-state index contributed by atoms with van der Waals surface area (Å²) < 4.78 is 5.51. The predicted octanol–water partition coefficient (Wildman–Crippen LogP) is 4.64. The van der Waals surface area contributed by atoms with E-state index in [1.165, 1.54) is 5.57 Å². The molecule has 0 fully saturated rings. The van der Waals surface area contributed by atoms with Crippen molar-refractivity contribution < 1.29 is 4.74 Å². The molecular formula is C15H24O. The zero-order chi connectivity index (χ0) is 12.8. The summed E-state index contributed by atoms with van der Waals surface area (Å²) in [5.74, 6) is 0. The Kier molecular flexibility index (Phi) is 5.87. The molecule has 0 aliphatic carbocycles. The molecule has 0 saturated carbocycles. The molecule has 0 aromatic heterocycles. The quantitative estimate of drug-likeness (QED) is 0.274. The molecule has 0 radical (unpaired) electrons. The molecule has 0 bridgehead atoms. The zero-order valence-corrected chi connectivity index (χ0v) is 11.3. The summed E-state index contributed by atoms with van der Waals surface area (Å²) in [7, 11) is 0. The molecule has 0 heterocycles. The lowest BCUT2D eigenvalue weighted by Crippen LogP contribution is -2.12. The van der Waals surface area contributed by atoms with Gasteiger partial charge in [-0.1, -0.05) is 37.6 Å². The lowest BCUT2D eigenvalue weighted by atomic mass is 9.82. The van der Waals surface area contributed by atoms with Crippen LogP contribution in [0.15, 0.2) is 48.3 Å². The van der Waals surface area contributed by atoms with Crippen LogP contribution in [-0.2, 0) is 4.74 Å². The maximum Gasteiger partial charge on any atom is 0.106 e. The lowest BCUT2D eigenvalue weighted by molar-refractivity contribution is 0.280. The maximum atomic E-state index is 5.51. The van der Waals surface area contributed by atoms with Crippen molar-refractivity contribution in [3.05, 3.63) is 48.3 Å². The van der Waals surface area contributed by atoms with Crippen molar-refractivity contribution in [1.29, 1.82) is 0 Å². The average Bonchev–Trinajstić information content (AvgIpc) is 2.16. The highest BCUT2D eigenvalue weighted by molar-refractivity contribution is 5.33. The van der Waals surface area contributed by atoms with Crippen LogP contribution in [0.5, 0.6) is 0 Å². The predicted molar refractivity (Wildman–Crippen MR) is 72.3 cm³/mol. The van der Waals surface area contributed by atoms with E-state index >= 15 is 0 Å². The summed E-state index contributed by atoms with van der Waals surface area (Å²) in [6, 6.07) is 0. The molecule has 16 heavy (non-hydrogen) atoms. The summed E-state index contributed by atoms with van der Waals surface area (Å²) >= 11 is 0. The number of ether oxygens (including phenoxy) is 1. The Morgan fingerprint density at radius 3 is 2.19 bits per heavy atom. The third-order valence-corrected chi connectivity index (χ3v) is 2.45. The normalized spacial score (nSPS) is 11.9. The average molecular weight is 220 g/mol. The minimum absolute atomic E-state index is 0.100. The van der Waals surface area contributed by atoms with Crippen molar-refractivity contribution in [1.82, 2.24) is 0 Å². The Labute approximate surface area is 100 Å². The second kappa shape index (κ2) is 6.37. The van der Waals surface area contributed by atoms with E-state index in [-0.39, 0.29) is 5.41 Å². The van der Waals surface area contributed by atoms with E-state index in [1.807, 2.05) is 19.1 Å². The second-order valence-electron chi connectivity index (χ2n) is 4.85. The minimum atomic E-state index is -0.100. The van der Waals surface area contributed by atoms with Crippen LogP contribution >= 0.6 is 0 Å². The molecule has 0 spiro atoms.